The summed E-state index contributed by atoms with van der Waals surface area (Å²) in [5.41, 5.74) is 0. The fraction of sp³-hybridized carbons (Fsp3) is 0.667. The summed E-state index contributed by atoms with van der Waals surface area (Å²) in [5.74, 6) is 0.134. The number of hydrogen-bond donors (Lipinski definition) is 1. The number of carbonyl (C=O) groups excluding carboxylic acids is 1. The monoisotopic (exact) mass is 155 g/mol. The van der Waals surface area contributed by atoms with Crippen LogP contribution in [0.15, 0.2) is 12.2 Å². The van der Waals surface area contributed by atoms with Crippen LogP contribution < -0.4 is 5.32 Å². The molecule has 0 aromatic carbocycles. The quantitative estimate of drug-likeness (QED) is 0.476. The highest BCUT2D eigenvalue weighted by atomic mass is 16.1. The Bertz CT molecular complexity index is 130. The molecule has 0 saturated heterocycles. The van der Waals surface area contributed by atoms with Crippen molar-refractivity contribution < 1.29 is 4.79 Å². The highest BCUT2D eigenvalue weighted by Gasteiger charge is 1.93. The van der Waals surface area contributed by atoms with Crippen molar-refractivity contribution in [1.82, 2.24) is 5.32 Å². The molecule has 0 fully saturated rings. The lowest BCUT2D eigenvalue weighted by molar-refractivity contribution is -0.120. The number of amides is 1. The van der Waals surface area contributed by atoms with Crippen molar-refractivity contribution in [2.24, 2.45) is 0 Å². The summed E-state index contributed by atoms with van der Waals surface area (Å²) in [7, 11) is 1.67. The molecule has 0 heterocycles. The molecule has 0 aromatic rings. The molecule has 2 nitrogen and oxygen atoms in total. The zero-order valence-corrected chi connectivity index (χ0v) is 7.39. The first kappa shape index (κ1) is 10.2. The van der Waals surface area contributed by atoms with E-state index in [1.165, 1.54) is 0 Å². The normalized spacial score (nSPS) is 10.4. The van der Waals surface area contributed by atoms with E-state index < -0.39 is 0 Å². The third-order valence-corrected chi connectivity index (χ3v) is 1.46. The van der Waals surface area contributed by atoms with Crippen LogP contribution in [0.5, 0.6) is 0 Å². The van der Waals surface area contributed by atoms with Crippen LogP contribution in [-0.4, -0.2) is 13.0 Å². The molecule has 0 aliphatic carbocycles. The Balaban J connectivity index is 3.14. The highest BCUT2D eigenvalue weighted by Crippen LogP contribution is 1.96. The molecule has 64 valence electrons. The number of allylic oxidation sites excluding steroid dienone is 2. The average Bonchev–Trinajstić information content (AvgIpc) is 2.04. The molecule has 0 radical (unpaired) electrons. The van der Waals surface area contributed by atoms with Crippen molar-refractivity contribution in [2.75, 3.05) is 7.05 Å². The standard InChI is InChI=1S/C9H17NO/c1-3-4-5-6-7-8-9(11)10-2/h4-5H,3,6-8H2,1-2H3,(H,10,11)/b5-4+. The van der Waals surface area contributed by atoms with Gasteiger partial charge in [-0.2, -0.15) is 0 Å². The van der Waals surface area contributed by atoms with E-state index in [0.717, 1.165) is 19.3 Å². The summed E-state index contributed by atoms with van der Waals surface area (Å²) in [6, 6.07) is 0. The summed E-state index contributed by atoms with van der Waals surface area (Å²) in [4.78, 5) is 10.7. The van der Waals surface area contributed by atoms with Crippen LogP contribution in [-0.2, 0) is 4.79 Å². The Morgan fingerprint density at radius 1 is 1.45 bits per heavy atom. The lowest BCUT2D eigenvalue weighted by Gasteiger charge is -1.95. The summed E-state index contributed by atoms with van der Waals surface area (Å²) in [5, 5.41) is 2.59. The second kappa shape index (κ2) is 7.32. The Morgan fingerprint density at radius 2 is 2.18 bits per heavy atom. The van der Waals surface area contributed by atoms with Crippen molar-refractivity contribution in [1.29, 1.82) is 0 Å². The third-order valence-electron chi connectivity index (χ3n) is 1.46. The summed E-state index contributed by atoms with van der Waals surface area (Å²) >= 11 is 0. The van der Waals surface area contributed by atoms with Crippen LogP contribution in [0, 0.1) is 0 Å². The molecule has 2 heteroatoms. The Morgan fingerprint density at radius 3 is 2.73 bits per heavy atom. The lowest BCUT2D eigenvalue weighted by Crippen LogP contribution is -2.16. The van der Waals surface area contributed by atoms with Crippen molar-refractivity contribution in [3.63, 3.8) is 0 Å². The summed E-state index contributed by atoms with van der Waals surface area (Å²) in [6.45, 7) is 2.11. The van der Waals surface area contributed by atoms with E-state index in [9.17, 15) is 4.79 Å². The molecule has 0 aromatic heterocycles. The first-order valence-electron chi connectivity index (χ1n) is 4.16. The number of rotatable bonds is 5. The van der Waals surface area contributed by atoms with Gasteiger partial charge in [0.1, 0.15) is 0 Å². The third kappa shape index (κ3) is 7.10. The maximum atomic E-state index is 10.7. The largest absolute Gasteiger partial charge is 0.359 e. The van der Waals surface area contributed by atoms with E-state index in [4.69, 9.17) is 0 Å². The average molecular weight is 155 g/mol. The molecular formula is C9H17NO. The van der Waals surface area contributed by atoms with Gasteiger partial charge >= 0.3 is 0 Å². The molecule has 0 spiro atoms. The summed E-state index contributed by atoms with van der Waals surface area (Å²) in [6.07, 6.45) is 7.95. The predicted molar refractivity (Wildman–Crippen MR) is 47.3 cm³/mol. The number of hydrogen-bond acceptors (Lipinski definition) is 1. The zero-order valence-electron chi connectivity index (χ0n) is 7.39. The van der Waals surface area contributed by atoms with Crippen molar-refractivity contribution in [3.8, 4) is 0 Å². The van der Waals surface area contributed by atoms with Crippen LogP contribution in [0.25, 0.3) is 0 Å². The van der Waals surface area contributed by atoms with E-state index in [0.29, 0.717) is 6.42 Å². The van der Waals surface area contributed by atoms with Crippen LogP contribution in [0.1, 0.15) is 32.6 Å². The highest BCUT2D eigenvalue weighted by molar-refractivity contribution is 5.75. The minimum atomic E-state index is 0.134. The smallest absolute Gasteiger partial charge is 0.219 e. The van der Waals surface area contributed by atoms with Crippen molar-refractivity contribution >= 4 is 5.91 Å². The van der Waals surface area contributed by atoms with Crippen LogP contribution >= 0.6 is 0 Å². The van der Waals surface area contributed by atoms with Crippen LogP contribution in [0.3, 0.4) is 0 Å². The minimum Gasteiger partial charge on any atom is -0.359 e. The second-order valence-corrected chi connectivity index (χ2v) is 2.45. The van der Waals surface area contributed by atoms with Gasteiger partial charge in [0.2, 0.25) is 5.91 Å². The molecule has 1 N–H and O–H groups in total. The molecule has 1 amide bonds. The van der Waals surface area contributed by atoms with E-state index in [1.54, 1.807) is 7.05 Å². The fourth-order valence-electron chi connectivity index (χ4n) is 0.790. The number of nitrogens with one attached hydrogen (secondary N) is 1. The van der Waals surface area contributed by atoms with Gasteiger partial charge in [-0.05, 0) is 19.3 Å². The van der Waals surface area contributed by atoms with Crippen molar-refractivity contribution in [2.45, 2.75) is 32.6 Å². The van der Waals surface area contributed by atoms with E-state index in [2.05, 4.69) is 24.4 Å². The van der Waals surface area contributed by atoms with Gasteiger partial charge in [-0.15, -0.1) is 0 Å². The Labute approximate surface area is 68.7 Å². The van der Waals surface area contributed by atoms with Gasteiger partial charge in [-0.1, -0.05) is 19.1 Å². The van der Waals surface area contributed by atoms with Crippen molar-refractivity contribution in [3.05, 3.63) is 12.2 Å². The first-order valence-corrected chi connectivity index (χ1v) is 4.16. The number of unbranched alkanes of at least 4 members (excludes halogenated alkanes) is 1. The van der Waals surface area contributed by atoms with Gasteiger partial charge in [-0.3, -0.25) is 4.79 Å². The number of carbonyl (C=O) groups is 1. The minimum absolute atomic E-state index is 0.134. The molecule has 0 atom stereocenters. The van der Waals surface area contributed by atoms with E-state index in [1.807, 2.05) is 0 Å². The first-order chi connectivity index (χ1) is 5.31. The maximum absolute atomic E-state index is 10.7. The SMILES string of the molecule is CC/C=C/CCCC(=O)NC. The molecule has 0 bridgehead atoms. The predicted octanol–water partition coefficient (Wildman–Crippen LogP) is 1.87. The Kier molecular flexibility index (Phi) is 6.79. The molecule has 0 saturated carbocycles. The Hall–Kier alpha value is -0.790. The van der Waals surface area contributed by atoms with Gasteiger partial charge in [0.05, 0.1) is 0 Å². The molecule has 0 rings (SSSR count). The van der Waals surface area contributed by atoms with Crippen LogP contribution in [0.4, 0.5) is 0 Å². The summed E-state index contributed by atoms with van der Waals surface area (Å²) < 4.78 is 0. The van der Waals surface area contributed by atoms with E-state index in [-0.39, 0.29) is 5.91 Å². The maximum Gasteiger partial charge on any atom is 0.219 e. The molecule has 11 heavy (non-hydrogen) atoms. The molecule has 0 aliphatic heterocycles. The molecule has 0 aliphatic rings. The topological polar surface area (TPSA) is 29.1 Å². The molecular weight excluding hydrogens is 138 g/mol. The van der Waals surface area contributed by atoms with Crippen LogP contribution in [0.2, 0.25) is 0 Å². The van der Waals surface area contributed by atoms with Gasteiger partial charge in [0, 0.05) is 13.5 Å². The van der Waals surface area contributed by atoms with Gasteiger partial charge in [-0.25, -0.2) is 0 Å². The zero-order chi connectivity index (χ0) is 8.53. The molecule has 0 unspecified atom stereocenters. The van der Waals surface area contributed by atoms with Gasteiger partial charge in [0.25, 0.3) is 0 Å². The fourth-order valence-corrected chi connectivity index (χ4v) is 0.790. The van der Waals surface area contributed by atoms with Gasteiger partial charge in [0.15, 0.2) is 0 Å². The second-order valence-electron chi connectivity index (χ2n) is 2.45. The lowest BCUT2D eigenvalue weighted by atomic mass is 10.2. The van der Waals surface area contributed by atoms with E-state index >= 15 is 0 Å². The van der Waals surface area contributed by atoms with Gasteiger partial charge < -0.3 is 5.32 Å².